The Kier molecular flexibility index (Phi) is 6.38. The molecule has 1 heterocycles. The third kappa shape index (κ3) is 5.17. The van der Waals surface area contributed by atoms with Crippen molar-refractivity contribution < 1.29 is 19.2 Å². The Morgan fingerprint density at radius 1 is 1.27 bits per heavy atom. The summed E-state index contributed by atoms with van der Waals surface area (Å²) < 4.78 is 6.58. The maximum absolute atomic E-state index is 12.3. The summed E-state index contributed by atoms with van der Waals surface area (Å²) in [5.74, 6) is -1.54. The van der Waals surface area contributed by atoms with Gasteiger partial charge in [0.05, 0.1) is 28.4 Å². The van der Waals surface area contributed by atoms with E-state index in [0.29, 0.717) is 6.54 Å². The van der Waals surface area contributed by atoms with E-state index in [4.69, 9.17) is 16.3 Å². The van der Waals surface area contributed by atoms with Crippen LogP contribution in [0.1, 0.15) is 23.0 Å². The number of nitro groups is 1. The van der Waals surface area contributed by atoms with Crippen LogP contribution >= 0.6 is 11.6 Å². The molecule has 1 aromatic heterocycles. The van der Waals surface area contributed by atoms with Gasteiger partial charge < -0.3 is 10.1 Å². The number of nitrogens with zero attached hydrogens (tertiary/aromatic N) is 4. The molecule has 1 amide bonds. The van der Waals surface area contributed by atoms with Crippen molar-refractivity contribution in [2.24, 2.45) is 0 Å². The number of rotatable bonds is 7. The van der Waals surface area contributed by atoms with Crippen molar-refractivity contribution in [3.05, 3.63) is 81.1 Å². The van der Waals surface area contributed by atoms with Crippen molar-refractivity contribution in [1.82, 2.24) is 15.0 Å². The highest BCUT2D eigenvalue weighted by molar-refractivity contribution is 6.33. The normalized spacial score (nSPS) is 11.5. The van der Waals surface area contributed by atoms with Crippen LogP contribution in [0.25, 0.3) is 0 Å². The fraction of sp³-hybridized carbons (Fsp3) is 0.158. The largest absolute Gasteiger partial charge is 0.448 e. The zero-order valence-corrected chi connectivity index (χ0v) is 16.4. The molecule has 1 atom stereocenters. The van der Waals surface area contributed by atoms with Gasteiger partial charge in [-0.2, -0.15) is 0 Å². The summed E-state index contributed by atoms with van der Waals surface area (Å²) in [6.07, 6.45) is 0.212. The van der Waals surface area contributed by atoms with Crippen molar-refractivity contribution >= 4 is 34.9 Å². The highest BCUT2D eigenvalue weighted by atomic mass is 35.5. The van der Waals surface area contributed by atoms with Gasteiger partial charge in [-0.15, -0.1) is 5.10 Å². The number of nitrogens with one attached hydrogen (secondary N) is 1. The van der Waals surface area contributed by atoms with E-state index in [9.17, 15) is 19.7 Å². The minimum Gasteiger partial charge on any atom is -0.448 e. The van der Waals surface area contributed by atoms with Crippen LogP contribution in [0.3, 0.4) is 0 Å². The van der Waals surface area contributed by atoms with E-state index in [-0.39, 0.29) is 22.1 Å². The Hall–Kier alpha value is -3.79. The molecule has 0 spiro atoms. The van der Waals surface area contributed by atoms with Gasteiger partial charge in [0.15, 0.2) is 11.8 Å². The van der Waals surface area contributed by atoms with Crippen LogP contribution in [0.15, 0.2) is 54.7 Å². The van der Waals surface area contributed by atoms with E-state index in [2.05, 4.69) is 15.6 Å². The van der Waals surface area contributed by atoms with E-state index >= 15 is 0 Å². The third-order valence-electron chi connectivity index (χ3n) is 4.01. The van der Waals surface area contributed by atoms with E-state index in [1.807, 2.05) is 30.3 Å². The predicted octanol–water partition coefficient (Wildman–Crippen LogP) is 3.07. The zero-order chi connectivity index (χ0) is 21.7. The van der Waals surface area contributed by atoms with Crippen molar-refractivity contribution in [1.29, 1.82) is 0 Å². The summed E-state index contributed by atoms with van der Waals surface area (Å²) in [5, 5.41) is 21.0. The Morgan fingerprint density at radius 2 is 2.00 bits per heavy atom. The van der Waals surface area contributed by atoms with Crippen LogP contribution in [-0.4, -0.2) is 37.9 Å². The molecule has 0 saturated carbocycles. The number of benzene rings is 2. The smallest absolute Gasteiger partial charge is 0.361 e. The van der Waals surface area contributed by atoms with E-state index < -0.39 is 22.9 Å². The molecule has 0 fully saturated rings. The number of carbonyl (C=O) groups excluding carboxylic acids is 2. The van der Waals surface area contributed by atoms with E-state index in [1.165, 1.54) is 29.9 Å². The first-order chi connectivity index (χ1) is 14.3. The Morgan fingerprint density at radius 3 is 2.70 bits per heavy atom. The number of carbonyl (C=O) groups is 2. The maximum atomic E-state index is 12.3. The molecule has 1 N–H and O–H groups in total. The molecule has 0 aliphatic heterocycles. The highest BCUT2D eigenvalue weighted by Crippen LogP contribution is 2.26. The van der Waals surface area contributed by atoms with Gasteiger partial charge >= 0.3 is 5.97 Å². The summed E-state index contributed by atoms with van der Waals surface area (Å²) in [6.45, 7) is 1.77. The van der Waals surface area contributed by atoms with Gasteiger partial charge in [-0.25, -0.2) is 9.48 Å². The van der Waals surface area contributed by atoms with Crippen LogP contribution in [0.4, 0.5) is 11.4 Å². The number of anilines is 1. The van der Waals surface area contributed by atoms with Crippen molar-refractivity contribution in [3.8, 4) is 0 Å². The fourth-order valence-electron chi connectivity index (χ4n) is 2.47. The Labute approximate surface area is 175 Å². The molecule has 30 heavy (non-hydrogen) atoms. The first kappa shape index (κ1) is 20.9. The summed E-state index contributed by atoms with van der Waals surface area (Å²) >= 11 is 5.95. The SMILES string of the molecule is CC(OC(=O)c1cn(Cc2ccccc2)nn1)C(=O)Nc1cc([N+](=O)[O-])ccc1Cl. The molecule has 0 saturated heterocycles. The fourth-order valence-corrected chi connectivity index (χ4v) is 2.64. The summed E-state index contributed by atoms with van der Waals surface area (Å²) in [7, 11) is 0. The van der Waals surface area contributed by atoms with E-state index in [1.54, 1.807) is 0 Å². The monoisotopic (exact) mass is 429 g/mol. The number of esters is 1. The lowest BCUT2D eigenvalue weighted by Gasteiger charge is -2.13. The molecule has 0 aliphatic rings. The molecule has 3 aromatic rings. The summed E-state index contributed by atoms with van der Waals surface area (Å²) in [5.41, 5.74) is 0.713. The number of hydrogen-bond acceptors (Lipinski definition) is 7. The number of hydrogen-bond donors (Lipinski definition) is 1. The van der Waals surface area contributed by atoms with Gasteiger partial charge in [0.25, 0.3) is 11.6 Å². The zero-order valence-electron chi connectivity index (χ0n) is 15.7. The first-order valence-corrected chi connectivity index (χ1v) is 9.11. The molecule has 3 rings (SSSR count). The molecule has 0 aliphatic carbocycles. The molecule has 10 nitrogen and oxygen atoms in total. The van der Waals surface area contributed by atoms with Gasteiger partial charge in [-0.05, 0) is 18.6 Å². The van der Waals surface area contributed by atoms with Crippen LogP contribution in [0.2, 0.25) is 5.02 Å². The minimum atomic E-state index is -1.20. The standard InChI is InChI=1S/C19H16ClN5O5/c1-12(18(26)21-16-9-14(25(28)29)7-8-15(16)20)30-19(27)17-11-24(23-22-17)10-13-5-3-2-4-6-13/h2-9,11-12H,10H2,1H3,(H,21,26). The average molecular weight is 430 g/mol. The van der Waals surface area contributed by atoms with Gasteiger partial charge in [-0.3, -0.25) is 14.9 Å². The van der Waals surface area contributed by atoms with Crippen LogP contribution in [0.5, 0.6) is 0 Å². The second-order valence-electron chi connectivity index (χ2n) is 6.25. The van der Waals surface area contributed by atoms with Crippen LogP contribution in [-0.2, 0) is 16.1 Å². The minimum absolute atomic E-state index is 0.0348. The molecule has 11 heteroatoms. The molecule has 2 aromatic carbocycles. The predicted molar refractivity (Wildman–Crippen MR) is 107 cm³/mol. The van der Waals surface area contributed by atoms with Gasteiger partial charge in [-0.1, -0.05) is 47.1 Å². The van der Waals surface area contributed by atoms with E-state index in [0.717, 1.165) is 11.6 Å². The number of ether oxygens (including phenoxy) is 1. The summed E-state index contributed by atoms with van der Waals surface area (Å²) in [4.78, 5) is 34.8. The van der Waals surface area contributed by atoms with Gasteiger partial charge in [0.1, 0.15) is 0 Å². The molecule has 0 bridgehead atoms. The topological polar surface area (TPSA) is 129 Å². The Balaban J connectivity index is 1.61. The number of nitro benzene ring substituents is 1. The lowest BCUT2D eigenvalue weighted by Crippen LogP contribution is -2.30. The van der Waals surface area contributed by atoms with Crippen molar-refractivity contribution in [3.63, 3.8) is 0 Å². The lowest BCUT2D eigenvalue weighted by atomic mass is 10.2. The van der Waals surface area contributed by atoms with Crippen molar-refractivity contribution in [2.45, 2.75) is 19.6 Å². The van der Waals surface area contributed by atoms with Gasteiger partial charge in [0, 0.05) is 12.1 Å². The maximum Gasteiger partial charge on any atom is 0.361 e. The summed E-state index contributed by atoms with van der Waals surface area (Å²) in [6, 6.07) is 13.1. The van der Waals surface area contributed by atoms with Crippen molar-refractivity contribution in [2.75, 3.05) is 5.32 Å². The number of aromatic nitrogens is 3. The Bertz CT molecular complexity index is 1090. The second kappa shape index (κ2) is 9.14. The highest BCUT2D eigenvalue weighted by Gasteiger charge is 2.22. The molecular formula is C19H16ClN5O5. The average Bonchev–Trinajstić information content (AvgIpc) is 3.18. The quantitative estimate of drug-likeness (QED) is 0.347. The third-order valence-corrected chi connectivity index (χ3v) is 4.34. The van der Waals surface area contributed by atoms with Crippen LogP contribution in [0, 0.1) is 10.1 Å². The number of halogens is 1. The molecule has 0 radical (unpaired) electrons. The lowest BCUT2D eigenvalue weighted by molar-refractivity contribution is -0.384. The number of amides is 1. The van der Waals surface area contributed by atoms with Crippen LogP contribution < -0.4 is 5.32 Å². The van der Waals surface area contributed by atoms with Gasteiger partial charge in [0.2, 0.25) is 0 Å². The molecule has 1 unspecified atom stereocenters. The molecule has 154 valence electrons. The second-order valence-corrected chi connectivity index (χ2v) is 6.65. The first-order valence-electron chi connectivity index (χ1n) is 8.73. The number of non-ortho nitro benzene ring substituents is 1. The molecular weight excluding hydrogens is 414 g/mol.